The summed E-state index contributed by atoms with van der Waals surface area (Å²) in [6.07, 6.45) is 2.93. The van der Waals surface area contributed by atoms with Crippen LogP contribution in [0.1, 0.15) is 24.0 Å². The van der Waals surface area contributed by atoms with E-state index in [9.17, 15) is 9.59 Å². The van der Waals surface area contributed by atoms with Gasteiger partial charge in [-0.2, -0.15) is 0 Å². The summed E-state index contributed by atoms with van der Waals surface area (Å²) in [6, 6.07) is 15.2. The number of aromatic amines is 1. The highest BCUT2D eigenvalue weighted by Crippen LogP contribution is 2.30. The SMILES string of the molecule is CN(C)Cc1c[nH]c2ccc(-c3csc(NC(=O)[C@@H]4CCCN4C(=O)OCc4ccccc4)n3)cc12. The number of nitrogens with one attached hydrogen (secondary N) is 2. The average molecular weight is 504 g/mol. The Morgan fingerprint density at radius 3 is 2.86 bits per heavy atom. The molecule has 0 bridgehead atoms. The fraction of sp³-hybridized carbons (Fsp3) is 0.296. The maximum absolute atomic E-state index is 13.0. The Morgan fingerprint density at radius 1 is 1.22 bits per heavy atom. The fourth-order valence-corrected chi connectivity index (χ4v) is 5.24. The van der Waals surface area contributed by atoms with Crippen LogP contribution in [0.25, 0.3) is 22.2 Å². The van der Waals surface area contributed by atoms with Gasteiger partial charge in [-0.15, -0.1) is 11.3 Å². The van der Waals surface area contributed by atoms with Crippen molar-refractivity contribution >= 4 is 39.4 Å². The normalized spacial score (nSPS) is 15.5. The van der Waals surface area contributed by atoms with E-state index in [0.717, 1.165) is 40.7 Å². The molecule has 4 aromatic rings. The van der Waals surface area contributed by atoms with Gasteiger partial charge in [0.1, 0.15) is 12.6 Å². The van der Waals surface area contributed by atoms with Crippen LogP contribution in [0.3, 0.4) is 0 Å². The van der Waals surface area contributed by atoms with Crippen molar-refractivity contribution in [1.82, 2.24) is 19.8 Å². The largest absolute Gasteiger partial charge is 0.445 e. The van der Waals surface area contributed by atoms with Gasteiger partial charge in [0, 0.05) is 41.1 Å². The van der Waals surface area contributed by atoms with Gasteiger partial charge in [-0.1, -0.05) is 36.4 Å². The van der Waals surface area contributed by atoms with Crippen molar-refractivity contribution < 1.29 is 14.3 Å². The van der Waals surface area contributed by atoms with Crippen molar-refractivity contribution in [2.45, 2.75) is 32.0 Å². The number of carbonyl (C=O) groups is 2. The quantitative estimate of drug-likeness (QED) is 0.367. The first-order valence-corrected chi connectivity index (χ1v) is 12.8. The number of carbonyl (C=O) groups excluding carboxylic acids is 2. The number of H-pyrrole nitrogens is 1. The topological polar surface area (TPSA) is 90.6 Å². The minimum atomic E-state index is -0.564. The van der Waals surface area contributed by atoms with Crippen molar-refractivity contribution in [3.05, 3.63) is 71.2 Å². The van der Waals surface area contributed by atoms with Crippen molar-refractivity contribution in [2.24, 2.45) is 0 Å². The molecule has 8 nitrogen and oxygen atoms in total. The van der Waals surface area contributed by atoms with Crippen LogP contribution in [0.2, 0.25) is 0 Å². The molecule has 1 aliphatic rings. The third kappa shape index (κ3) is 5.27. The molecule has 0 radical (unpaired) electrons. The second-order valence-corrected chi connectivity index (χ2v) is 10.1. The molecule has 3 heterocycles. The number of benzene rings is 2. The summed E-state index contributed by atoms with van der Waals surface area (Å²) in [5.74, 6) is -0.237. The summed E-state index contributed by atoms with van der Waals surface area (Å²) in [6.45, 7) is 1.52. The van der Waals surface area contributed by atoms with Crippen molar-refractivity contribution in [1.29, 1.82) is 0 Å². The molecule has 186 valence electrons. The number of thiazole rings is 1. The van der Waals surface area contributed by atoms with Gasteiger partial charge in [0.25, 0.3) is 0 Å². The molecule has 2 amide bonds. The summed E-state index contributed by atoms with van der Waals surface area (Å²) >= 11 is 1.38. The maximum atomic E-state index is 13.0. The van der Waals surface area contributed by atoms with Gasteiger partial charge in [0.05, 0.1) is 5.69 Å². The Balaban J connectivity index is 1.24. The molecule has 2 aromatic heterocycles. The van der Waals surface area contributed by atoms with Crippen LogP contribution >= 0.6 is 11.3 Å². The molecule has 0 unspecified atom stereocenters. The maximum Gasteiger partial charge on any atom is 0.410 e. The lowest BCUT2D eigenvalue weighted by atomic mass is 10.1. The second-order valence-electron chi connectivity index (χ2n) is 9.23. The Hall–Kier alpha value is -3.69. The second kappa shape index (κ2) is 10.5. The van der Waals surface area contributed by atoms with E-state index in [4.69, 9.17) is 4.74 Å². The average Bonchev–Trinajstić information content (AvgIpc) is 3.63. The van der Waals surface area contributed by atoms with E-state index in [2.05, 4.69) is 32.3 Å². The summed E-state index contributed by atoms with van der Waals surface area (Å²) in [5, 5.41) is 6.53. The number of fused-ring (bicyclic) bond motifs is 1. The van der Waals surface area contributed by atoms with E-state index in [1.165, 1.54) is 21.8 Å². The predicted octanol–water partition coefficient (Wildman–Crippen LogP) is 5.09. The highest BCUT2D eigenvalue weighted by atomic mass is 32.1. The van der Waals surface area contributed by atoms with Crippen LogP contribution in [0.5, 0.6) is 0 Å². The van der Waals surface area contributed by atoms with Crippen LogP contribution in [-0.4, -0.2) is 58.5 Å². The number of ether oxygens (including phenoxy) is 1. The van der Waals surface area contributed by atoms with E-state index >= 15 is 0 Å². The van der Waals surface area contributed by atoms with Gasteiger partial charge in [-0.05, 0) is 50.2 Å². The van der Waals surface area contributed by atoms with Gasteiger partial charge < -0.3 is 19.9 Å². The minimum absolute atomic E-state index is 0.183. The zero-order valence-corrected chi connectivity index (χ0v) is 21.2. The summed E-state index contributed by atoms with van der Waals surface area (Å²) in [7, 11) is 4.10. The van der Waals surface area contributed by atoms with E-state index in [1.54, 1.807) is 0 Å². The highest BCUT2D eigenvalue weighted by Gasteiger charge is 2.35. The number of hydrogen-bond donors (Lipinski definition) is 2. The molecular weight excluding hydrogens is 474 g/mol. The first-order chi connectivity index (χ1) is 17.5. The zero-order chi connectivity index (χ0) is 25.1. The Kier molecular flexibility index (Phi) is 7.02. The standard InChI is InChI=1S/C27H29N5O3S/c1-31(2)15-20-14-28-22-11-10-19(13-21(20)22)23-17-36-26(29-23)30-25(33)24-9-6-12-32(24)27(34)35-16-18-7-4-3-5-8-18/h3-5,7-8,10-11,13-14,17,24,28H,6,9,12,15-16H2,1-2H3,(H,29,30,33)/t24-/m0/s1. The lowest BCUT2D eigenvalue weighted by Gasteiger charge is -2.22. The molecule has 1 atom stereocenters. The summed E-state index contributed by atoms with van der Waals surface area (Å²) in [5.41, 5.74) is 5.01. The fourth-order valence-electron chi connectivity index (χ4n) is 4.52. The molecule has 1 aliphatic heterocycles. The van der Waals surface area contributed by atoms with Gasteiger partial charge in [0.2, 0.25) is 5.91 Å². The lowest BCUT2D eigenvalue weighted by molar-refractivity contribution is -0.120. The number of nitrogens with zero attached hydrogens (tertiary/aromatic N) is 3. The third-order valence-electron chi connectivity index (χ3n) is 6.28. The zero-order valence-electron chi connectivity index (χ0n) is 20.4. The monoisotopic (exact) mass is 503 g/mol. The minimum Gasteiger partial charge on any atom is -0.445 e. The lowest BCUT2D eigenvalue weighted by Crippen LogP contribution is -2.43. The third-order valence-corrected chi connectivity index (χ3v) is 7.04. The summed E-state index contributed by atoms with van der Waals surface area (Å²) < 4.78 is 5.46. The van der Waals surface area contributed by atoms with Crippen LogP contribution < -0.4 is 5.32 Å². The predicted molar refractivity (Wildman–Crippen MR) is 142 cm³/mol. The summed E-state index contributed by atoms with van der Waals surface area (Å²) in [4.78, 5) is 37.3. The van der Waals surface area contributed by atoms with Crippen LogP contribution in [-0.2, 0) is 22.7 Å². The van der Waals surface area contributed by atoms with Crippen LogP contribution in [0.4, 0.5) is 9.93 Å². The number of rotatable bonds is 7. The molecule has 1 fully saturated rings. The van der Waals surface area contributed by atoms with E-state index in [0.29, 0.717) is 18.1 Å². The van der Waals surface area contributed by atoms with Crippen molar-refractivity contribution in [3.8, 4) is 11.3 Å². The molecule has 9 heteroatoms. The number of anilines is 1. The first-order valence-electron chi connectivity index (χ1n) is 12.0. The van der Waals surface area contributed by atoms with E-state index < -0.39 is 12.1 Å². The van der Waals surface area contributed by atoms with Crippen LogP contribution in [0.15, 0.2) is 60.1 Å². The number of hydrogen-bond acceptors (Lipinski definition) is 6. The molecule has 0 spiro atoms. The number of amides is 2. The Morgan fingerprint density at radius 2 is 2.06 bits per heavy atom. The molecule has 36 heavy (non-hydrogen) atoms. The van der Waals surface area contributed by atoms with Gasteiger partial charge in [0.15, 0.2) is 5.13 Å². The van der Waals surface area contributed by atoms with Gasteiger partial charge in [-0.3, -0.25) is 9.69 Å². The molecule has 0 aliphatic carbocycles. The first kappa shape index (κ1) is 24.0. The Bertz CT molecular complexity index is 1360. The molecular formula is C27H29N5O3S. The van der Waals surface area contributed by atoms with E-state index in [-0.39, 0.29) is 12.5 Å². The molecule has 5 rings (SSSR count). The molecule has 2 aromatic carbocycles. The Labute approximate surface area is 213 Å². The van der Waals surface area contributed by atoms with Crippen molar-refractivity contribution in [2.75, 3.05) is 26.0 Å². The van der Waals surface area contributed by atoms with Gasteiger partial charge in [-0.25, -0.2) is 9.78 Å². The molecule has 2 N–H and O–H groups in total. The van der Waals surface area contributed by atoms with E-state index in [1.807, 2.05) is 62.1 Å². The molecule has 1 saturated heterocycles. The van der Waals surface area contributed by atoms with Crippen LogP contribution in [0, 0.1) is 0 Å². The van der Waals surface area contributed by atoms with Crippen molar-refractivity contribution in [3.63, 3.8) is 0 Å². The smallest absolute Gasteiger partial charge is 0.410 e. The number of aromatic nitrogens is 2. The molecule has 0 saturated carbocycles. The number of likely N-dealkylation sites (tertiary alicyclic amines) is 1. The van der Waals surface area contributed by atoms with Gasteiger partial charge >= 0.3 is 6.09 Å². The highest BCUT2D eigenvalue weighted by molar-refractivity contribution is 7.14.